The summed E-state index contributed by atoms with van der Waals surface area (Å²) in [6, 6.07) is 3.73. The maximum Gasteiger partial charge on any atom is 0.107 e. The summed E-state index contributed by atoms with van der Waals surface area (Å²) in [5.41, 5.74) is 5.74. The summed E-state index contributed by atoms with van der Waals surface area (Å²) in [6.45, 7) is 5.00. The van der Waals surface area contributed by atoms with Gasteiger partial charge in [-0.25, -0.2) is 5.43 Å². The number of nitrogens with zero attached hydrogens (tertiary/aromatic N) is 3. The Bertz CT molecular complexity index is 566. The van der Waals surface area contributed by atoms with Crippen molar-refractivity contribution in [2.75, 3.05) is 0 Å². The lowest BCUT2D eigenvalue weighted by atomic mass is 10.0. The summed E-state index contributed by atoms with van der Waals surface area (Å²) in [4.78, 5) is 4.48. The van der Waals surface area contributed by atoms with Crippen LogP contribution in [0.25, 0.3) is 0 Å². The average Bonchev–Trinajstić information content (AvgIpc) is 2.83. The first-order valence-electron chi connectivity index (χ1n) is 6.84. The van der Waals surface area contributed by atoms with Gasteiger partial charge in [-0.2, -0.15) is 5.10 Å². The standard InChI is InChI=1S/C14H20ClN5/c1-3-8-20-14(11(15)9-18-20)13(19-16)12-10(4-2)6-5-7-17-12/h5-7,9,13,19H,3-4,8,16H2,1-2H3. The van der Waals surface area contributed by atoms with Crippen molar-refractivity contribution in [3.05, 3.63) is 46.5 Å². The lowest BCUT2D eigenvalue weighted by Crippen LogP contribution is -2.32. The molecule has 0 saturated heterocycles. The van der Waals surface area contributed by atoms with E-state index in [0.29, 0.717) is 5.02 Å². The van der Waals surface area contributed by atoms with E-state index < -0.39 is 0 Å². The van der Waals surface area contributed by atoms with Crippen LogP contribution < -0.4 is 11.3 Å². The minimum absolute atomic E-state index is 0.257. The molecule has 0 aliphatic rings. The van der Waals surface area contributed by atoms with Crippen LogP contribution >= 0.6 is 11.6 Å². The molecule has 1 unspecified atom stereocenters. The number of rotatable bonds is 6. The summed E-state index contributed by atoms with van der Waals surface area (Å²) >= 11 is 6.29. The molecule has 3 N–H and O–H groups in total. The Morgan fingerprint density at radius 3 is 2.90 bits per heavy atom. The Hall–Kier alpha value is -1.43. The van der Waals surface area contributed by atoms with E-state index in [0.717, 1.165) is 36.3 Å². The quantitative estimate of drug-likeness (QED) is 0.634. The molecule has 2 aromatic heterocycles. The maximum absolute atomic E-state index is 6.29. The van der Waals surface area contributed by atoms with E-state index in [1.54, 1.807) is 12.4 Å². The number of halogens is 1. The normalized spacial score (nSPS) is 12.6. The third-order valence-electron chi connectivity index (χ3n) is 3.29. The molecule has 5 nitrogen and oxygen atoms in total. The van der Waals surface area contributed by atoms with Crippen LogP contribution in [0.15, 0.2) is 24.5 Å². The van der Waals surface area contributed by atoms with E-state index in [-0.39, 0.29) is 6.04 Å². The predicted molar refractivity (Wildman–Crippen MR) is 80.3 cm³/mol. The van der Waals surface area contributed by atoms with Gasteiger partial charge in [0.25, 0.3) is 0 Å². The van der Waals surface area contributed by atoms with Crippen LogP contribution in [0.1, 0.15) is 43.3 Å². The van der Waals surface area contributed by atoms with Crippen molar-refractivity contribution in [3.8, 4) is 0 Å². The van der Waals surface area contributed by atoms with E-state index in [4.69, 9.17) is 17.4 Å². The minimum atomic E-state index is -0.257. The van der Waals surface area contributed by atoms with Crippen molar-refractivity contribution in [1.82, 2.24) is 20.2 Å². The minimum Gasteiger partial charge on any atom is -0.270 e. The molecule has 20 heavy (non-hydrogen) atoms. The molecular formula is C14H20ClN5. The van der Waals surface area contributed by atoms with Gasteiger partial charge in [0.1, 0.15) is 6.04 Å². The smallest absolute Gasteiger partial charge is 0.107 e. The van der Waals surface area contributed by atoms with Gasteiger partial charge in [0.15, 0.2) is 0 Å². The van der Waals surface area contributed by atoms with Crippen LogP contribution in [-0.2, 0) is 13.0 Å². The zero-order valence-corrected chi connectivity index (χ0v) is 12.6. The molecule has 108 valence electrons. The summed E-state index contributed by atoms with van der Waals surface area (Å²) in [5.74, 6) is 5.76. The first kappa shape index (κ1) is 15.0. The highest BCUT2D eigenvalue weighted by atomic mass is 35.5. The van der Waals surface area contributed by atoms with Gasteiger partial charge in [0.05, 0.1) is 22.6 Å². The molecule has 0 aromatic carbocycles. The lowest BCUT2D eigenvalue weighted by molar-refractivity contribution is 0.513. The maximum atomic E-state index is 6.29. The molecule has 2 heterocycles. The number of hydrogen-bond acceptors (Lipinski definition) is 4. The van der Waals surface area contributed by atoms with Gasteiger partial charge in [0, 0.05) is 12.7 Å². The molecule has 0 spiro atoms. The first-order chi connectivity index (χ1) is 9.72. The molecule has 0 radical (unpaired) electrons. The van der Waals surface area contributed by atoms with Crippen molar-refractivity contribution in [3.63, 3.8) is 0 Å². The van der Waals surface area contributed by atoms with Gasteiger partial charge in [-0.15, -0.1) is 0 Å². The van der Waals surface area contributed by atoms with Gasteiger partial charge < -0.3 is 0 Å². The van der Waals surface area contributed by atoms with Crippen molar-refractivity contribution >= 4 is 11.6 Å². The van der Waals surface area contributed by atoms with Crippen LogP contribution in [0.5, 0.6) is 0 Å². The fourth-order valence-electron chi connectivity index (χ4n) is 2.35. The van der Waals surface area contributed by atoms with Crippen LogP contribution in [0.4, 0.5) is 0 Å². The van der Waals surface area contributed by atoms with Crippen molar-refractivity contribution < 1.29 is 0 Å². The number of aryl methyl sites for hydroxylation is 2. The number of pyridine rings is 1. The Morgan fingerprint density at radius 2 is 2.25 bits per heavy atom. The summed E-state index contributed by atoms with van der Waals surface area (Å²) in [5, 5.41) is 4.92. The van der Waals surface area contributed by atoms with Gasteiger partial charge in [-0.1, -0.05) is 31.5 Å². The predicted octanol–water partition coefficient (Wildman–Crippen LogP) is 2.46. The van der Waals surface area contributed by atoms with Gasteiger partial charge >= 0.3 is 0 Å². The third kappa shape index (κ3) is 2.85. The van der Waals surface area contributed by atoms with E-state index in [1.807, 2.05) is 10.7 Å². The summed E-state index contributed by atoms with van der Waals surface area (Å²) < 4.78 is 1.89. The second-order valence-electron chi connectivity index (χ2n) is 4.60. The average molecular weight is 294 g/mol. The second kappa shape index (κ2) is 6.83. The number of nitrogens with two attached hydrogens (primary N) is 1. The van der Waals surface area contributed by atoms with Crippen molar-refractivity contribution in [1.29, 1.82) is 0 Å². The lowest BCUT2D eigenvalue weighted by Gasteiger charge is -2.20. The molecule has 0 amide bonds. The van der Waals surface area contributed by atoms with Crippen LogP contribution in [0, 0.1) is 0 Å². The summed E-state index contributed by atoms with van der Waals surface area (Å²) in [6.07, 6.45) is 5.30. The van der Waals surface area contributed by atoms with Crippen LogP contribution in [0.2, 0.25) is 5.02 Å². The number of hydrogen-bond donors (Lipinski definition) is 2. The van der Waals surface area contributed by atoms with E-state index in [9.17, 15) is 0 Å². The van der Waals surface area contributed by atoms with E-state index in [2.05, 4.69) is 35.4 Å². The van der Waals surface area contributed by atoms with Crippen LogP contribution in [0.3, 0.4) is 0 Å². The summed E-state index contributed by atoms with van der Waals surface area (Å²) in [7, 11) is 0. The molecule has 0 aliphatic heterocycles. The van der Waals surface area contributed by atoms with Gasteiger partial charge in [-0.3, -0.25) is 15.5 Å². The van der Waals surface area contributed by atoms with Gasteiger partial charge in [-0.05, 0) is 24.5 Å². The molecule has 0 aliphatic carbocycles. The number of aromatic nitrogens is 3. The highest BCUT2D eigenvalue weighted by molar-refractivity contribution is 6.31. The zero-order chi connectivity index (χ0) is 14.5. The largest absolute Gasteiger partial charge is 0.270 e. The fourth-order valence-corrected chi connectivity index (χ4v) is 2.60. The van der Waals surface area contributed by atoms with Crippen molar-refractivity contribution in [2.24, 2.45) is 5.84 Å². The Labute approximate surface area is 124 Å². The Kier molecular flexibility index (Phi) is 5.11. The molecular weight excluding hydrogens is 274 g/mol. The van der Waals surface area contributed by atoms with Gasteiger partial charge in [0.2, 0.25) is 0 Å². The Morgan fingerprint density at radius 1 is 1.45 bits per heavy atom. The molecule has 0 bridgehead atoms. The SMILES string of the molecule is CCCn1ncc(Cl)c1C(NN)c1ncccc1CC. The zero-order valence-electron chi connectivity index (χ0n) is 11.8. The molecule has 0 fully saturated rings. The highest BCUT2D eigenvalue weighted by Gasteiger charge is 2.23. The second-order valence-corrected chi connectivity index (χ2v) is 5.01. The van der Waals surface area contributed by atoms with E-state index in [1.165, 1.54) is 0 Å². The molecule has 2 rings (SSSR count). The Balaban J connectivity index is 2.49. The molecule has 0 saturated carbocycles. The first-order valence-corrected chi connectivity index (χ1v) is 7.21. The van der Waals surface area contributed by atoms with E-state index >= 15 is 0 Å². The number of nitrogens with one attached hydrogen (secondary N) is 1. The number of hydrazine groups is 1. The monoisotopic (exact) mass is 293 g/mol. The topological polar surface area (TPSA) is 68.8 Å². The molecule has 6 heteroatoms. The third-order valence-corrected chi connectivity index (χ3v) is 3.58. The van der Waals surface area contributed by atoms with Crippen LogP contribution in [-0.4, -0.2) is 14.8 Å². The van der Waals surface area contributed by atoms with Crippen molar-refractivity contribution in [2.45, 2.75) is 39.3 Å². The molecule has 1 atom stereocenters. The highest BCUT2D eigenvalue weighted by Crippen LogP contribution is 2.28. The molecule has 2 aromatic rings. The fraction of sp³-hybridized carbons (Fsp3) is 0.429.